The van der Waals surface area contributed by atoms with Crippen molar-refractivity contribution >= 4 is 27.5 Å². The SMILES string of the molecule is Cc1nn(-c2ccccc2)c(Cl)c1C(=O)N1CCN(S(=O)(=O)c2ccc(C#N)cc2)CC1. The van der Waals surface area contributed by atoms with E-state index in [0.29, 0.717) is 16.8 Å². The molecule has 1 aliphatic heterocycles. The molecule has 1 saturated heterocycles. The summed E-state index contributed by atoms with van der Waals surface area (Å²) in [7, 11) is -3.71. The number of nitrogens with zero attached hydrogens (tertiary/aromatic N) is 5. The monoisotopic (exact) mass is 469 g/mol. The topological polar surface area (TPSA) is 99.3 Å². The molecule has 1 fully saturated rings. The number of aryl methyl sites for hydroxylation is 1. The summed E-state index contributed by atoms with van der Waals surface area (Å²) in [5, 5.41) is 13.5. The van der Waals surface area contributed by atoms with Crippen molar-refractivity contribution in [3.8, 4) is 11.8 Å². The van der Waals surface area contributed by atoms with Gasteiger partial charge < -0.3 is 4.90 Å². The Kier molecular flexibility index (Phi) is 6.02. The summed E-state index contributed by atoms with van der Waals surface area (Å²) >= 11 is 6.51. The quantitative estimate of drug-likeness (QED) is 0.585. The van der Waals surface area contributed by atoms with Crippen LogP contribution in [0, 0.1) is 18.3 Å². The summed E-state index contributed by atoms with van der Waals surface area (Å²) in [6.45, 7) is 2.53. The molecule has 1 aromatic heterocycles. The van der Waals surface area contributed by atoms with E-state index >= 15 is 0 Å². The van der Waals surface area contributed by atoms with Crippen LogP contribution in [0.4, 0.5) is 0 Å². The van der Waals surface area contributed by atoms with Gasteiger partial charge in [0.2, 0.25) is 10.0 Å². The van der Waals surface area contributed by atoms with Gasteiger partial charge in [-0.2, -0.15) is 14.7 Å². The fourth-order valence-corrected chi connectivity index (χ4v) is 5.40. The molecule has 4 rings (SSSR count). The lowest BCUT2D eigenvalue weighted by Crippen LogP contribution is -2.50. The molecule has 1 amide bonds. The molecule has 0 spiro atoms. The van der Waals surface area contributed by atoms with Gasteiger partial charge in [0.05, 0.1) is 33.5 Å². The Morgan fingerprint density at radius 1 is 1.03 bits per heavy atom. The predicted molar refractivity (Wildman–Crippen MR) is 119 cm³/mol. The minimum atomic E-state index is -3.71. The fourth-order valence-electron chi connectivity index (χ4n) is 3.62. The van der Waals surface area contributed by atoms with Crippen molar-refractivity contribution in [3.63, 3.8) is 0 Å². The highest BCUT2D eigenvalue weighted by atomic mass is 35.5. The summed E-state index contributed by atoms with van der Waals surface area (Å²) in [4.78, 5) is 14.9. The van der Waals surface area contributed by atoms with Gasteiger partial charge >= 0.3 is 0 Å². The van der Waals surface area contributed by atoms with E-state index in [4.69, 9.17) is 16.9 Å². The van der Waals surface area contributed by atoms with Gasteiger partial charge in [0.25, 0.3) is 5.91 Å². The zero-order valence-electron chi connectivity index (χ0n) is 17.3. The number of aromatic nitrogens is 2. The number of sulfonamides is 1. The van der Waals surface area contributed by atoms with Gasteiger partial charge in [-0.3, -0.25) is 4.79 Å². The zero-order chi connectivity index (χ0) is 22.9. The van der Waals surface area contributed by atoms with Crippen LogP contribution < -0.4 is 0 Å². The van der Waals surface area contributed by atoms with Gasteiger partial charge in [0, 0.05) is 26.2 Å². The van der Waals surface area contributed by atoms with Crippen molar-refractivity contribution < 1.29 is 13.2 Å². The number of piperazine rings is 1. The third-order valence-electron chi connectivity index (χ3n) is 5.37. The average molecular weight is 470 g/mol. The van der Waals surface area contributed by atoms with Crippen LogP contribution >= 0.6 is 11.6 Å². The van der Waals surface area contributed by atoms with Gasteiger partial charge in [-0.15, -0.1) is 0 Å². The van der Waals surface area contributed by atoms with Crippen LogP contribution in [0.3, 0.4) is 0 Å². The van der Waals surface area contributed by atoms with Crippen LogP contribution in [0.25, 0.3) is 5.69 Å². The molecule has 0 saturated carbocycles. The van der Waals surface area contributed by atoms with E-state index in [1.165, 1.54) is 33.3 Å². The Labute approximate surface area is 191 Å². The summed E-state index contributed by atoms with van der Waals surface area (Å²) in [5.41, 5.74) is 1.97. The maximum atomic E-state index is 13.2. The average Bonchev–Trinajstić information content (AvgIpc) is 3.13. The molecule has 32 heavy (non-hydrogen) atoms. The summed E-state index contributed by atoms with van der Waals surface area (Å²) in [6, 6.07) is 17.1. The number of carbonyl (C=O) groups is 1. The number of amides is 1. The van der Waals surface area contributed by atoms with E-state index in [2.05, 4.69) is 5.10 Å². The van der Waals surface area contributed by atoms with Crippen molar-refractivity contribution in [2.45, 2.75) is 11.8 Å². The Bertz CT molecular complexity index is 1290. The van der Waals surface area contributed by atoms with Crippen molar-refractivity contribution in [1.82, 2.24) is 19.0 Å². The van der Waals surface area contributed by atoms with E-state index in [-0.39, 0.29) is 42.1 Å². The van der Waals surface area contributed by atoms with Crippen LogP contribution in [0.5, 0.6) is 0 Å². The summed E-state index contributed by atoms with van der Waals surface area (Å²) in [6.07, 6.45) is 0. The minimum Gasteiger partial charge on any atom is -0.336 e. The Hall–Kier alpha value is -3.19. The fraction of sp³-hybridized carbons (Fsp3) is 0.227. The van der Waals surface area contributed by atoms with E-state index in [1.54, 1.807) is 11.8 Å². The lowest BCUT2D eigenvalue weighted by atomic mass is 10.2. The normalized spacial score (nSPS) is 14.8. The molecule has 8 nitrogen and oxygen atoms in total. The van der Waals surface area contributed by atoms with Gasteiger partial charge in [-0.25, -0.2) is 13.1 Å². The lowest BCUT2D eigenvalue weighted by Gasteiger charge is -2.34. The molecule has 0 N–H and O–H groups in total. The Morgan fingerprint density at radius 3 is 2.25 bits per heavy atom. The third kappa shape index (κ3) is 4.00. The highest BCUT2D eigenvalue weighted by Crippen LogP contribution is 2.26. The van der Waals surface area contributed by atoms with Gasteiger partial charge in [0.15, 0.2) is 0 Å². The third-order valence-corrected chi connectivity index (χ3v) is 7.63. The van der Waals surface area contributed by atoms with Gasteiger partial charge in [0.1, 0.15) is 5.15 Å². The van der Waals surface area contributed by atoms with E-state index in [0.717, 1.165) is 5.69 Å². The van der Waals surface area contributed by atoms with Crippen LogP contribution in [0.2, 0.25) is 5.15 Å². The lowest BCUT2D eigenvalue weighted by molar-refractivity contribution is 0.0697. The van der Waals surface area contributed by atoms with Crippen molar-refractivity contribution in [1.29, 1.82) is 5.26 Å². The maximum absolute atomic E-state index is 13.2. The molecule has 3 aromatic rings. The highest BCUT2D eigenvalue weighted by molar-refractivity contribution is 7.89. The molecule has 0 atom stereocenters. The standard InChI is InChI=1S/C22H20ClN5O3S/c1-16-20(21(23)28(25-16)18-5-3-2-4-6-18)22(29)26-11-13-27(14-12-26)32(30,31)19-9-7-17(15-24)8-10-19/h2-10H,11-14H2,1H3. The van der Waals surface area contributed by atoms with Gasteiger partial charge in [-0.05, 0) is 43.3 Å². The predicted octanol–water partition coefficient (Wildman–Crippen LogP) is 2.85. The first-order valence-corrected chi connectivity index (χ1v) is 11.7. The second-order valence-corrected chi connectivity index (χ2v) is 9.63. The highest BCUT2D eigenvalue weighted by Gasteiger charge is 2.32. The van der Waals surface area contributed by atoms with Crippen LogP contribution in [0.15, 0.2) is 59.5 Å². The molecule has 10 heteroatoms. The molecule has 1 aliphatic rings. The molecule has 2 heterocycles. The van der Waals surface area contributed by atoms with Crippen LogP contribution in [-0.4, -0.2) is 59.5 Å². The molecule has 0 bridgehead atoms. The number of hydrogen-bond donors (Lipinski definition) is 0. The number of para-hydroxylation sites is 1. The van der Waals surface area contributed by atoms with Crippen molar-refractivity contribution in [2.24, 2.45) is 0 Å². The second kappa shape index (κ2) is 8.74. The molecular formula is C22H20ClN5O3S. The van der Waals surface area contributed by atoms with Crippen LogP contribution in [0.1, 0.15) is 21.6 Å². The number of carbonyl (C=O) groups excluding carboxylic acids is 1. The van der Waals surface area contributed by atoms with Crippen molar-refractivity contribution in [3.05, 3.63) is 76.6 Å². The largest absolute Gasteiger partial charge is 0.336 e. The maximum Gasteiger partial charge on any atom is 0.259 e. The first-order chi connectivity index (χ1) is 15.3. The number of benzene rings is 2. The number of hydrogen-bond acceptors (Lipinski definition) is 5. The molecule has 0 unspecified atom stereocenters. The molecule has 0 radical (unpaired) electrons. The number of rotatable bonds is 4. The van der Waals surface area contributed by atoms with Gasteiger partial charge in [-0.1, -0.05) is 29.8 Å². The zero-order valence-corrected chi connectivity index (χ0v) is 18.8. The Morgan fingerprint density at radius 2 is 1.66 bits per heavy atom. The summed E-state index contributed by atoms with van der Waals surface area (Å²) < 4.78 is 28.7. The Balaban J connectivity index is 1.49. The van der Waals surface area contributed by atoms with Crippen molar-refractivity contribution in [2.75, 3.05) is 26.2 Å². The number of nitriles is 1. The van der Waals surface area contributed by atoms with E-state index in [1.807, 2.05) is 36.4 Å². The molecule has 164 valence electrons. The second-order valence-electron chi connectivity index (χ2n) is 7.33. The smallest absolute Gasteiger partial charge is 0.259 e. The first-order valence-electron chi connectivity index (χ1n) is 9.93. The molecule has 0 aliphatic carbocycles. The first kappa shape index (κ1) is 22.0. The summed E-state index contributed by atoms with van der Waals surface area (Å²) in [5.74, 6) is -0.273. The number of halogens is 1. The van der Waals surface area contributed by atoms with Crippen LogP contribution in [-0.2, 0) is 10.0 Å². The van der Waals surface area contributed by atoms with E-state index in [9.17, 15) is 13.2 Å². The molecular weight excluding hydrogens is 450 g/mol. The van der Waals surface area contributed by atoms with E-state index < -0.39 is 10.0 Å². The molecule has 2 aromatic carbocycles. The minimum absolute atomic E-state index is 0.124.